The van der Waals surface area contributed by atoms with Crippen molar-refractivity contribution in [3.63, 3.8) is 0 Å². The van der Waals surface area contributed by atoms with Crippen molar-refractivity contribution in [2.45, 2.75) is 64.0 Å². The molecule has 0 radical (unpaired) electrons. The summed E-state index contributed by atoms with van der Waals surface area (Å²) in [6.45, 7) is 6.43. The average Bonchev–Trinajstić information content (AvgIpc) is 2.92. The molecule has 0 spiro atoms. The quantitative estimate of drug-likeness (QED) is 0.871. The number of likely N-dealkylation sites (N-methyl/N-ethyl adjacent to an activating group) is 1. The Morgan fingerprint density at radius 2 is 1.90 bits per heavy atom. The van der Waals surface area contributed by atoms with Crippen LogP contribution in [0.4, 0.5) is 0 Å². The number of aromatic nitrogens is 2. The Morgan fingerprint density at radius 3 is 2.57 bits per heavy atom. The van der Waals surface area contributed by atoms with Gasteiger partial charge in [0.05, 0.1) is 10.7 Å². The highest BCUT2D eigenvalue weighted by atomic mass is 15.2. The van der Waals surface area contributed by atoms with Crippen molar-refractivity contribution < 1.29 is 0 Å². The third-order valence-electron chi connectivity index (χ3n) is 5.09. The van der Waals surface area contributed by atoms with E-state index in [0.29, 0.717) is 5.92 Å². The molecule has 3 N–H and O–H groups in total. The molecule has 2 atom stereocenters. The van der Waals surface area contributed by atoms with Crippen molar-refractivity contribution in [2.24, 2.45) is 5.73 Å². The molecule has 0 aromatic carbocycles. The van der Waals surface area contributed by atoms with E-state index in [1.54, 1.807) is 0 Å². The number of nitrogens with zero attached hydrogens (tertiary/aromatic N) is 2. The van der Waals surface area contributed by atoms with Gasteiger partial charge in [-0.2, -0.15) is 0 Å². The molecular weight excluding hydrogens is 260 g/mol. The Balaban J connectivity index is 1.91. The first-order valence-electron chi connectivity index (χ1n) is 8.52. The fraction of sp³-hybridized carbons (Fsp3) is 0.706. The lowest BCUT2D eigenvalue weighted by Gasteiger charge is -2.31. The molecular formula is C17H28N4. The monoisotopic (exact) mass is 288 g/mol. The summed E-state index contributed by atoms with van der Waals surface area (Å²) in [6.07, 6.45) is 11.0. The van der Waals surface area contributed by atoms with Gasteiger partial charge in [-0.05, 0) is 38.1 Å². The van der Waals surface area contributed by atoms with Crippen molar-refractivity contribution >= 4 is 12.2 Å². The van der Waals surface area contributed by atoms with Crippen molar-refractivity contribution in [1.82, 2.24) is 14.9 Å². The molecule has 2 aliphatic carbocycles. The Bertz CT molecular complexity index is 578. The molecule has 1 aromatic heterocycles. The summed E-state index contributed by atoms with van der Waals surface area (Å²) < 4.78 is 0. The average molecular weight is 288 g/mol. The molecule has 116 valence electrons. The maximum absolute atomic E-state index is 6.36. The molecule has 0 aliphatic heterocycles. The molecule has 1 aromatic rings. The summed E-state index contributed by atoms with van der Waals surface area (Å²) in [5, 5.41) is 2.24. The predicted octanol–water partition coefficient (Wildman–Crippen LogP) is 1.07. The second-order valence-electron chi connectivity index (χ2n) is 6.38. The fourth-order valence-corrected chi connectivity index (χ4v) is 3.80. The molecule has 2 unspecified atom stereocenters. The smallest absolute Gasteiger partial charge is 0.110 e. The van der Waals surface area contributed by atoms with Crippen LogP contribution in [-0.4, -0.2) is 40.0 Å². The minimum atomic E-state index is 0.0528. The molecule has 0 bridgehead atoms. The number of nitrogens with one attached hydrogen (secondary N) is 1. The molecule has 21 heavy (non-hydrogen) atoms. The number of imidazole rings is 1. The van der Waals surface area contributed by atoms with E-state index in [9.17, 15) is 0 Å². The first kappa shape index (κ1) is 14.8. The van der Waals surface area contributed by atoms with Crippen LogP contribution in [-0.2, 0) is 0 Å². The number of H-pyrrole nitrogens is 1. The molecule has 2 aliphatic rings. The Kier molecular flexibility index (Phi) is 4.45. The van der Waals surface area contributed by atoms with Crippen LogP contribution in [0.1, 0.15) is 57.7 Å². The van der Waals surface area contributed by atoms with Gasteiger partial charge in [0.15, 0.2) is 0 Å². The van der Waals surface area contributed by atoms with Crippen molar-refractivity contribution in [2.75, 3.05) is 13.1 Å². The van der Waals surface area contributed by atoms with E-state index < -0.39 is 0 Å². The number of aromatic amines is 1. The van der Waals surface area contributed by atoms with Gasteiger partial charge in [-0.15, -0.1) is 0 Å². The summed E-state index contributed by atoms with van der Waals surface area (Å²) in [6, 6.07) is 0.326. The molecule has 3 rings (SSSR count). The molecule has 1 saturated carbocycles. The van der Waals surface area contributed by atoms with E-state index in [4.69, 9.17) is 10.7 Å². The standard InChI is InChI=1S/C17H28N4/c1-3-21(4-2)16-11-15-14(10-13(16)18)19-17(20-15)12-8-6-5-7-9-12/h10-13,16H,3-9,18H2,1-2H3,(H,19,20). The largest absolute Gasteiger partial charge is 0.342 e. The van der Waals surface area contributed by atoms with E-state index in [1.165, 1.54) is 37.9 Å². The summed E-state index contributed by atoms with van der Waals surface area (Å²) in [4.78, 5) is 10.8. The van der Waals surface area contributed by atoms with Crippen molar-refractivity contribution in [1.29, 1.82) is 0 Å². The van der Waals surface area contributed by atoms with Crippen LogP contribution in [0.5, 0.6) is 0 Å². The Morgan fingerprint density at radius 1 is 1.19 bits per heavy atom. The SMILES string of the molecule is CCN(CC)C1C=c2nc(C3CCCCC3)[nH]c2=CC1N. The normalized spacial score (nSPS) is 26.3. The molecule has 1 heterocycles. The van der Waals surface area contributed by atoms with Crippen LogP contribution >= 0.6 is 0 Å². The molecule has 1 fully saturated rings. The predicted molar refractivity (Wildman–Crippen MR) is 87.3 cm³/mol. The van der Waals surface area contributed by atoms with E-state index >= 15 is 0 Å². The lowest BCUT2D eigenvalue weighted by atomic mass is 9.89. The van der Waals surface area contributed by atoms with Crippen molar-refractivity contribution in [3.05, 3.63) is 16.5 Å². The van der Waals surface area contributed by atoms with Gasteiger partial charge in [-0.3, -0.25) is 4.90 Å². The minimum Gasteiger partial charge on any atom is -0.342 e. The Labute approximate surface area is 127 Å². The van der Waals surface area contributed by atoms with Crippen LogP contribution in [0.3, 0.4) is 0 Å². The van der Waals surface area contributed by atoms with Crippen LogP contribution in [0, 0.1) is 0 Å². The third-order valence-corrected chi connectivity index (χ3v) is 5.09. The Hall–Kier alpha value is -1.13. The molecule has 0 amide bonds. The van der Waals surface area contributed by atoms with Gasteiger partial charge >= 0.3 is 0 Å². The maximum atomic E-state index is 6.36. The van der Waals surface area contributed by atoms with E-state index in [1.807, 2.05) is 0 Å². The topological polar surface area (TPSA) is 57.9 Å². The number of hydrogen-bond acceptors (Lipinski definition) is 3. The number of nitrogens with two attached hydrogens (primary N) is 1. The number of fused-ring (bicyclic) bond motifs is 1. The van der Waals surface area contributed by atoms with E-state index in [0.717, 1.165) is 23.8 Å². The van der Waals surface area contributed by atoms with Gasteiger partial charge in [0.25, 0.3) is 0 Å². The minimum absolute atomic E-state index is 0.0528. The first-order valence-corrected chi connectivity index (χ1v) is 8.52. The highest BCUT2D eigenvalue weighted by molar-refractivity contribution is 5.45. The van der Waals surface area contributed by atoms with E-state index in [-0.39, 0.29) is 12.1 Å². The fourth-order valence-electron chi connectivity index (χ4n) is 3.80. The third kappa shape index (κ3) is 2.92. The van der Waals surface area contributed by atoms with Gasteiger partial charge in [0.1, 0.15) is 5.82 Å². The van der Waals surface area contributed by atoms with Gasteiger partial charge in [-0.25, -0.2) is 4.98 Å². The van der Waals surface area contributed by atoms with Gasteiger partial charge in [0.2, 0.25) is 0 Å². The summed E-state index contributed by atoms with van der Waals surface area (Å²) >= 11 is 0. The van der Waals surface area contributed by atoms with Gasteiger partial charge < -0.3 is 10.7 Å². The lowest BCUT2D eigenvalue weighted by molar-refractivity contribution is 0.254. The maximum Gasteiger partial charge on any atom is 0.110 e. The van der Waals surface area contributed by atoms with Gasteiger partial charge in [-0.1, -0.05) is 33.1 Å². The zero-order chi connectivity index (χ0) is 14.8. The van der Waals surface area contributed by atoms with Crippen LogP contribution in [0.25, 0.3) is 12.2 Å². The number of rotatable bonds is 4. The van der Waals surface area contributed by atoms with Crippen molar-refractivity contribution in [3.8, 4) is 0 Å². The van der Waals surface area contributed by atoms with Crippen LogP contribution < -0.4 is 16.4 Å². The lowest BCUT2D eigenvalue weighted by Crippen LogP contribution is -2.51. The summed E-state index contributed by atoms with van der Waals surface area (Å²) in [5.41, 5.74) is 6.36. The molecule has 0 saturated heterocycles. The summed E-state index contributed by atoms with van der Waals surface area (Å²) in [5.74, 6) is 1.80. The van der Waals surface area contributed by atoms with E-state index in [2.05, 4.69) is 35.9 Å². The highest BCUT2D eigenvalue weighted by Gasteiger charge is 2.24. The van der Waals surface area contributed by atoms with Crippen LogP contribution in [0.15, 0.2) is 0 Å². The van der Waals surface area contributed by atoms with Gasteiger partial charge in [0, 0.05) is 18.0 Å². The highest BCUT2D eigenvalue weighted by Crippen LogP contribution is 2.29. The zero-order valence-corrected chi connectivity index (χ0v) is 13.3. The molecule has 4 heteroatoms. The second-order valence-corrected chi connectivity index (χ2v) is 6.38. The first-order chi connectivity index (χ1) is 10.2. The number of hydrogen-bond donors (Lipinski definition) is 2. The molecule has 4 nitrogen and oxygen atoms in total. The van der Waals surface area contributed by atoms with Crippen LogP contribution in [0.2, 0.25) is 0 Å². The second kappa shape index (κ2) is 6.32. The zero-order valence-electron chi connectivity index (χ0n) is 13.3. The summed E-state index contributed by atoms with van der Waals surface area (Å²) in [7, 11) is 0.